The second-order valence-electron chi connectivity index (χ2n) is 5.51. The summed E-state index contributed by atoms with van der Waals surface area (Å²) in [6.07, 6.45) is 0. The molecule has 7 heteroatoms. The fourth-order valence-electron chi connectivity index (χ4n) is 2.60. The Kier molecular flexibility index (Phi) is 5.93. The third kappa shape index (κ3) is 4.04. The topological polar surface area (TPSA) is 64.6 Å². The standard InChI is InChI=1S/C20H16BrNO4S/c1-25-16-6-4-3-5-14(16)18(23)22-19-17(20(24)26-2)15(11-27-19)12-7-9-13(21)10-8-12/h3-11H,1-2H3,(H,22,23). The van der Waals surface area contributed by atoms with E-state index in [0.29, 0.717) is 27.4 Å². The molecule has 3 aromatic rings. The lowest BCUT2D eigenvalue weighted by Crippen LogP contribution is -2.15. The van der Waals surface area contributed by atoms with Gasteiger partial charge in [-0.3, -0.25) is 4.79 Å². The average Bonchev–Trinajstić information content (AvgIpc) is 3.11. The number of amides is 1. The minimum Gasteiger partial charge on any atom is -0.496 e. The van der Waals surface area contributed by atoms with Crippen molar-refractivity contribution in [2.45, 2.75) is 0 Å². The Hall–Kier alpha value is -2.64. The minimum absolute atomic E-state index is 0.327. The highest BCUT2D eigenvalue weighted by Crippen LogP contribution is 2.37. The van der Waals surface area contributed by atoms with Crippen LogP contribution in [-0.4, -0.2) is 26.1 Å². The minimum atomic E-state index is -0.510. The van der Waals surface area contributed by atoms with Gasteiger partial charge in [0.25, 0.3) is 5.91 Å². The zero-order valence-electron chi connectivity index (χ0n) is 14.6. The Morgan fingerprint density at radius 1 is 1.04 bits per heavy atom. The quantitative estimate of drug-likeness (QED) is 0.546. The summed E-state index contributed by atoms with van der Waals surface area (Å²) in [6, 6.07) is 14.5. The summed E-state index contributed by atoms with van der Waals surface area (Å²) in [5.41, 5.74) is 2.27. The number of thiophene rings is 1. The summed E-state index contributed by atoms with van der Waals surface area (Å²) in [4.78, 5) is 25.1. The first-order valence-corrected chi connectivity index (χ1v) is 9.62. The molecule has 138 valence electrons. The summed E-state index contributed by atoms with van der Waals surface area (Å²) in [5, 5.41) is 5.06. The third-order valence-electron chi connectivity index (χ3n) is 3.91. The van der Waals surface area contributed by atoms with Crippen molar-refractivity contribution in [3.05, 3.63) is 69.5 Å². The Balaban J connectivity index is 1.99. The molecular weight excluding hydrogens is 430 g/mol. The van der Waals surface area contributed by atoms with Crippen LogP contribution < -0.4 is 10.1 Å². The van der Waals surface area contributed by atoms with E-state index in [-0.39, 0.29) is 5.91 Å². The van der Waals surface area contributed by atoms with Gasteiger partial charge in [-0.25, -0.2) is 4.79 Å². The van der Waals surface area contributed by atoms with Gasteiger partial charge in [0.15, 0.2) is 0 Å². The summed E-state index contributed by atoms with van der Waals surface area (Å²) in [5.74, 6) is -0.411. The number of para-hydroxylation sites is 1. The van der Waals surface area contributed by atoms with Gasteiger partial charge in [0.2, 0.25) is 0 Å². The van der Waals surface area contributed by atoms with Crippen molar-refractivity contribution in [3.8, 4) is 16.9 Å². The summed E-state index contributed by atoms with van der Waals surface area (Å²) in [7, 11) is 2.82. The molecule has 0 radical (unpaired) electrons. The first-order valence-electron chi connectivity index (χ1n) is 7.95. The number of ether oxygens (including phenoxy) is 2. The Bertz CT molecular complexity index is 982. The lowest BCUT2D eigenvalue weighted by atomic mass is 10.0. The molecule has 1 N–H and O–H groups in total. The molecule has 5 nitrogen and oxygen atoms in total. The van der Waals surface area contributed by atoms with Gasteiger partial charge in [0.05, 0.1) is 19.8 Å². The lowest BCUT2D eigenvalue weighted by Gasteiger charge is -2.10. The second kappa shape index (κ2) is 8.37. The molecule has 0 bridgehead atoms. The maximum absolute atomic E-state index is 12.7. The van der Waals surface area contributed by atoms with Gasteiger partial charge < -0.3 is 14.8 Å². The van der Waals surface area contributed by atoms with Crippen molar-refractivity contribution >= 4 is 44.1 Å². The molecule has 0 saturated carbocycles. The summed E-state index contributed by atoms with van der Waals surface area (Å²) < 4.78 is 11.1. The van der Waals surface area contributed by atoms with Gasteiger partial charge in [-0.2, -0.15) is 0 Å². The largest absolute Gasteiger partial charge is 0.496 e. The molecule has 2 aromatic carbocycles. The van der Waals surface area contributed by atoms with E-state index in [4.69, 9.17) is 9.47 Å². The SMILES string of the molecule is COC(=O)c1c(-c2ccc(Br)cc2)csc1NC(=O)c1ccccc1OC. The van der Waals surface area contributed by atoms with Crippen LogP contribution in [0.5, 0.6) is 5.75 Å². The van der Waals surface area contributed by atoms with E-state index in [9.17, 15) is 9.59 Å². The van der Waals surface area contributed by atoms with Crippen LogP contribution in [0.25, 0.3) is 11.1 Å². The average molecular weight is 446 g/mol. The molecule has 0 fully saturated rings. The second-order valence-corrected chi connectivity index (χ2v) is 7.30. The molecule has 1 heterocycles. The van der Waals surface area contributed by atoms with Crippen LogP contribution in [0.3, 0.4) is 0 Å². The van der Waals surface area contributed by atoms with E-state index in [1.807, 2.05) is 29.6 Å². The normalized spacial score (nSPS) is 10.3. The molecule has 0 aliphatic heterocycles. The molecule has 0 aliphatic carbocycles. The molecule has 0 spiro atoms. The summed E-state index contributed by atoms with van der Waals surface area (Å²) in [6.45, 7) is 0. The maximum Gasteiger partial charge on any atom is 0.341 e. The Morgan fingerprint density at radius 3 is 2.41 bits per heavy atom. The summed E-state index contributed by atoms with van der Waals surface area (Å²) >= 11 is 4.67. The molecular formula is C20H16BrNO4S. The van der Waals surface area contributed by atoms with Crippen LogP contribution in [-0.2, 0) is 4.74 Å². The fourth-order valence-corrected chi connectivity index (χ4v) is 3.82. The van der Waals surface area contributed by atoms with Gasteiger partial charge >= 0.3 is 5.97 Å². The van der Waals surface area contributed by atoms with Crippen molar-refractivity contribution in [2.75, 3.05) is 19.5 Å². The fraction of sp³-hybridized carbons (Fsp3) is 0.100. The number of anilines is 1. The van der Waals surface area contributed by atoms with Crippen LogP contribution in [0.15, 0.2) is 58.4 Å². The lowest BCUT2D eigenvalue weighted by molar-refractivity contribution is 0.0603. The first kappa shape index (κ1) is 19.1. The van der Waals surface area contributed by atoms with Crippen molar-refractivity contribution in [1.29, 1.82) is 0 Å². The van der Waals surface area contributed by atoms with Crippen molar-refractivity contribution in [1.82, 2.24) is 0 Å². The zero-order valence-corrected chi connectivity index (χ0v) is 17.0. The Labute approximate surface area is 169 Å². The first-order chi connectivity index (χ1) is 13.0. The number of benzene rings is 2. The van der Waals surface area contributed by atoms with Gasteiger partial charge in [0, 0.05) is 15.4 Å². The van der Waals surface area contributed by atoms with E-state index >= 15 is 0 Å². The number of methoxy groups -OCH3 is 2. The van der Waals surface area contributed by atoms with E-state index in [1.165, 1.54) is 25.6 Å². The molecule has 1 amide bonds. The van der Waals surface area contributed by atoms with E-state index < -0.39 is 5.97 Å². The molecule has 0 aliphatic rings. The predicted molar refractivity (Wildman–Crippen MR) is 110 cm³/mol. The molecule has 3 rings (SSSR count). The van der Waals surface area contributed by atoms with Crippen molar-refractivity contribution in [3.63, 3.8) is 0 Å². The molecule has 0 atom stereocenters. The number of hydrogen-bond donors (Lipinski definition) is 1. The smallest absolute Gasteiger partial charge is 0.341 e. The highest BCUT2D eigenvalue weighted by Gasteiger charge is 2.23. The highest BCUT2D eigenvalue weighted by atomic mass is 79.9. The number of carbonyl (C=O) groups is 2. The van der Waals surface area contributed by atoms with E-state index in [1.54, 1.807) is 24.3 Å². The van der Waals surface area contributed by atoms with E-state index in [2.05, 4.69) is 21.2 Å². The van der Waals surface area contributed by atoms with Crippen LogP contribution in [0.4, 0.5) is 5.00 Å². The number of nitrogens with one attached hydrogen (secondary N) is 1. The predicted octanol–water partition coefficient (Wildman–Crippen LogP) is 5.23. The molecule has 27 heavy (non-hydrogen) atoms. The van der Waals surface area contributed by atoms with Crippen LogP contribution in [0.2, 0.25) is 0 Å². The number of esters is 1. The van der Waals surface area contributed by atoms with Crippen LogP contribution >= 0.6 is 27.3 Å². The van der Waals surface area contributed by atoms with Gasteiger partial charge in [-0.1, -0.05) is 40.2 Å². The Morgan fingerprint density at radius 2 is 1.74 bits per heavy atom. The number of rotatable bonds is 5. The van der Waals surface area contributed by atoms with Crippen LogP contribution in [0, 0.1) is 0 Å². The number of carbonyl (C=O) groups excluding carboxylic acids is 2. The number of halogens is 1. The van der Waals surface area contributed by atoms with Gasteiger partial charge in [-0.15, -0.1) is 11.3 Å². The van der Waals surface area contributed by atoms with Gasteiger partial charge in [0.1, 0.15) is 16.3 Å². The monoisotopic (exact) mass is 445 g/mol. The third-order valence-corrected chi connectivity index (χ3v) is 5.34. The molecule has 0 saturated heterocycles. The van der Waals surface area contributed by atoms with Crippen LogP contribution in [0.1, 0.15) is 20.7 Å². The van der Waals surface area contributed by atoms with Crippen molar-refractivity contribution < 1.29 is 19.1 Å². The maximum atomic E-state index is 12.7. The van der Waals surface area contributed by atoms with Gasteiger partial charge in [-0.05, 0) is 29.8 Å². The number of hydrogen-bond acceptors (Lipinski definition) is 5. The highest BCUT2D eigenvalue weighted by molar-refractivity contribution is 9.10. The van der Waals surface area contributed by atoms with Crippen molar-refractivity contribution in [2.24, 2.45) is 0 Å². The zero-order chi connectivity index (χ0) is 19.4. The molecule has 1 aromatic heterocycles. The van der Waals surface area contributed by atoms with E-state index in [0.717, 1.165) is 10.0 Å². The molecule has 0 unspecified atom stereocenters.